The van der Waals surface area contributed by atoms with Gasteiger partial charge < -0.3 is 15.1 Å². The highest BCUT2D eigenvalue weighted by Crippen LogP contribution is 2.16. The van der Waals surface area contributed by atoms with Crippen LogP contribution in [0.3, 0.4) is 0 Å². The molecule has 0 radical (unpaired) electrons. The number of guanidine groups is 1. The minimum Gasteiger partial charge on any atom is -0.464 e. The molecule has 1 heterocycles. The Morgan fingerprint density at radius 3 is 2.39 bits per heavy atom. The van der Waals surface area contributed by atoms with E-state index in [9.17, 15) is 8.42 Å². The van der Waals surface area contributed by atoms with Crippen molar-refractivity contribution in [3.63, 3.8) is 0 Å². The Morgan fingerprint density at radius 1 is 1.35 bits per heavy atom. The first-order valence-electron chi connectivity index (χ1n) is 7.32. The van der Waals surface area contributed by atoms with Crippen LogP contribution in [0.5, 0.6) is 0 Å². The highest BCUT2D eigenvalue weighted by Gasteiger charge is 2.28. The summed E-state index contributed by atoms with van der Waals surface area (Å²) >= 11 is 0. The average molecular weight is 457 g/mol. The summed E-state index contributed by atoms with van der Waals surface area (Å²) in [6.45, 7) is 9.27. The maximum atomic E-state index is 12.1. The van der Waals surface area contributed by atoms with Crippen LogP contribution in [0, 0.1) is 6.92 Å². The second-order valence-corrected chi connectivity index (χ2v) is 9.11. The Labute approximate surface area is 156 Å². The molecule has 23 heavy (non-hydrogen) atoms. The summed E-state index contributed by atoms with van der Waals surface area (Å²) in [5.41, 5.74) is 0. The third-order valence-corrected chi connectivity index (χ3v) is 5.97. The summed E-state index contributed by atoms with van der Waals surface area (Å²) in [6, 6.07) is 3.75. The first kappa shape index (κ1) is 22.2. The van der Waals surface area contributed by atoms with Crippen LogP contribution in [0.25, 0.3) is 0 Å². The lowest BCUT2D eigenvalue weighted by Gasteiger charge is -2.20. The van der Waals surface area contributed by atoms with Crippen molar-refractivity contribution in [2.24, 2.45) is 4.99 Å². The number of nitrogens with zero attached hydrogens (tertiary/aromatic N) is 1. The number of furan rings is 1. The van der Waals surface area contributed by atoms with E-state index in [2.05, 4.69) is 15.6 Å². The zero-order valence-electron chi connectivity index (χ0n) is 14.6. The molecule has 0 aliphatic rings. The summed E-state index contributed by atoms with van der Waals surface area (Å²) in [4.78, 5) is 4.10. The Balaban J connectivity index is 0.00000484. The van der Waals surface area contributed by atoms with E-state index < -0.39 is 14.6 Å². The molecule has 1 aromatic rings. The first-order valence-corrected chi connectivity index (χ1v) is 8.98. The fraction of sp³-hybridized carbons (Fsp3) is 0.667. The monoisotopic (exact) mass is 457 g/mol. The van der Waals surface area contributed by atoms with Gasteiger partial charge in [0.05, 0.1) is 16.5 Å². The van der Waals surface area contributed by atoms with E-state index in [0.29, 0.717) is 12.5 Å². The van der Waals surface area contributed by atoms with Gasteiger partial charge in [0, 0.05) is 13.6 Å². The Morgan fingerprint density at radius 2 is 1.96 bits per heavy atom. The van der Waals surface area contributed by atoms with E-state index >= 15 is 0 Å². The van der Waals surface area contributed by atoms with Gasteiger partial charge in [-0.3, -0.25) is 4.99 Å². The van der Waals surface area contributed by atoms with Gasteiger partial charge in [-0.25, -0.2) is 8.42 Å². The smallest absolute Gasteiger partial charge is 0.191 e. The molecule has 0 spiro atoms. The van der Waals surface area contributed by atoms with Gasteiger partial charge in [-0.2, -0.15) is 0 Å². The quantitative estimate of drug-likeness (QED) is 0.404. The van der Waals surface area contributed by atoms with Gasteiger partial charge in [-0.1, -0.05) is 0 Å². The number of nitrogens with one attached hydrogen (secondary N) is 2. The molecule has 0 saturated heterocycles. The third kappa shape index (κ3) is 6.70. The second kappa shape index (κ2) is 8.91. The maximum Gasteiger partial charge on any atom is 0.191 e. The van der Waals surface area contributed by atoms with Crippen molar-refractivity contribution >= 4 is 39.8 Å². The van der Waals surface area contributed by atoms with E-state index in [-0.39, 0.29) is 35.8 Å². The molecule has 8 heteroatoms. The number of sulfone groups is 1. The lowest BCUT2D eigenvalue weighted by Crippen LogP contribution is -2.42. The number of rotatable bonds is 5. The van der Waals surface area contributed by atoms with Gasteiger partial charge in [0.25, 0.3) is 0 Å². The predicted molar refractivity (Wildman–Crippen MR) is 105 cm³/mol. The van der Waals surface area contributed by atoms with E-state index in [1.54, 1.807) is 27.8 Å². The molecule has 0 bridgehead atoms. The van der Waals surface area contributed by atoms with Crippen molar-refractivity contribution in [1.29, 1.82) is 0 Å². The van der Waals surface area contributed by atoms with Gasteiger partial charge >= 0.3 is 0 Å². The first-order chi connectivity index (χ1) is 10.1. The molecule has 134 valence electrons. The van der Waals surface area contributed by atoms with Crippen molar-refractivity contribution in [3.05, 3.63) is 23.7 Å². The largest absolute Gasteiger partial charge is 0.464 e. The van der Waals surface area contributed by atoms with Crippen LogP contribution in [0.4, 0.5) is 0 Å². The zero-order chi connectivity index (χ0) is 17.0. The zero-order valence-corrected chi connectivity index (χ0v) is 17.8. The van der Waals surface area contributed by atoms with Gasteiger partial charge in [0.15, 0.2) is 15.8 Å². The van der Waals surface area contributed by atoms with E-state index in [1.807, 2.05) is 26.0 Å². The number of aryl methyl sites for hydroxylation is 1. The fourth-order valence-electron chi connectivity index (χ4n) is 1.77. The minimum atomic E-state index is -3.14. The van der Waals surface area contributed by atoms with Crippen molar-refractivity contribution < 1.29 is 12.8 Å². The van der Waals surface area contributed by atoms with E-state index in [1.165, 1.54) is 0 Å². The van der Waals surface area contributed by atoms with Gasteiger partial charge in [-0.15, -0.1) is 24.0 Å². The van der Waals surface area contributed by atoms with Crippen LogP contribution in [0.2, 0.25) is 0 Å². The molecule has 0 saturated carbocycles. The average Bonchev–Trinajstić information content (AvgIpc) is 2.82. The highest BCUT2D eigenvalue weighted by atomic mass is 127. The van der Waals surface area contributed by atoms with Crippen molar-refractivity contribution in [2.45, 2.75) is 45.4 Å². The molecule has 1 aromatic heterocycles. The summed E-state index contributed by atoms with van der Waals surface area (Å²) in [5, 5.41) is 6.19. The molecule has 6 nitrogen and oxygen atoms in total. The molecule has 0 aliphatic carbocycles. The Kier molecular flexibility index (Phi) is 8.61. The lowest BCUT2D eigenvalue weighted by molar-refractivity contribution is 0.441. The number of aliphatic imine (C=N–C) groups is 1. The molecule has 0 aromatic carbocycles. The van der Waals surface area contributed by atoms with Crippen molar-refractivity contribution in [3.8, 4) is 0 Å². The van der Waals surface area contributed by atoms with Crippen LogP contribution < -0.4 is 10.6 Å². The summed E-state index contributed by atoms with van der Waals surface area (Å²) < 4.78 is 28.9. The normalized spacial score (nSPS) is 14.1. The molecular weight excluding hydrogens is 429 g/mol. The van der Waals surface area contributed by atoms with Crippen LogP contribution in [0.15, 0.2) is 21.5 Å². The molecule has 1 atom stereocenters. The Hall–Kier alpha value is -0.770. The molecule has 1 rings (SSSR count). The van der Waals surface area contributed by atoms with Gasteiger partial charge in [-0.05, 0) is 46.8 Å². The van der Waals surface area contributed by atoms with Gasteiger partial charge in [0.2, 0.25) is 0 Å². The molecular formula is C15H28IN3O3S. The second-order valence-electron chi connectivity index (χ2n) is 6.24. The topological polar surface area (TPSA) is 83.7 Å². The summed E-state index contributed by atoms with van der Waals surface area (Å²) in [5.74, 6) is 2.27. The van der Waals surface area contributed by atoms with Crippen LogP contribution in [0.1, 0.15) is 45.3 Å². The molecule has 0 amide bonds. The van der Waals surface area contributed by atoms with Crippen molar-refractivity contribution in [1.82, 2.24) is 10.6 Å². The van der Waals surface area contributed by atoms with E-state index in [0.717, 1.165) is 11.5 Å². The standard InChI is InChI=1S/C15H27N3O3S.HI/c1-11-7-8-13(21-11)12(2)18-14(16-6)17-9-10-22(19,20)15(3,4)5;/h7-8,12H,9-10H2,1-6H3,(H2,16,17,18);1H. The number of hydrogen-bond donors (Lipinski definition) is 2. The fourth-order valence-corrected chi connectivity index (χ4v) is 2.75. The predicted octanol–water partition coefficient (Wildman–Crippen LogP) is 2.65. The van der Waals surface area contributed by atoms with E-state index in [4.69, 9.17) is 4.42 Å². The number of hydrogen-bond acceptors (Lipinski definition) is 4. The molecule has 0 fully saturated rings. The third-order valence-electron chi connectivity index (χ3n) is 3.36. The number of halogens is 1. The van der Waals surface area contributed by atoms with Gasteiger partial charge in [0.1, 0.15) is 11.5 Å². The van der Waals surface area contributed by atoms with Crippen LogP contribution >= 0.6 is 24.0 Å². The lowest BCUT2D eigenvalue weighted by atomic mass is 10.2. The summed E-state index contributed by atoms with van der Waals surface area (Å²) in [7, 11) is -1.50. The highest BCUT2D eigenvalue weighted by molar-refractivity contribution is 14.0. The summed E-state index contributed by atoms with van der Waals surface area (Å²) in [6.07, 6.45) is 0. The minimum absolute atomic E-state index is 0. The Bertz CT molecular complexity index is 618. The van der Waals surface area contributed by atoms with Crippen LogP contribution in [-0.2, 0) is 9.84 Å². The van der Waals surface area contributed by atoms with Crippen LogP contribution in [-0.4, -0.2) is 38.5 Å². The molecule has 0 aliphatic heterocycles. The SMILES string of the molecule is CN=C(NCCS(=O)(=O)C(C)(C)C)NC(C)c1ccc(C)o1.I. The molecule has 2 N–H and O–H groups in total. The van der Waals surface area contributed by atoms with Crippen molar-refractivity contribution in [2.75, 3.05) is 19.3 Å². The maximum absolute atomic E-state index is 12.1. The molecule has 1 unspecified atom stereocenters.